The van der Waals surface area contributed by atoms with E-state index in [4.69, 9.17) is 9.47 Å². The number of aryl methyl sites for hydroxylation is 1. The van der Waals surface area contributed by atoms with Crippen LogP contribution in [0.1, 0.15) is 35.6 Å². The molecule has 5 rings (SSSR count). The van der Waals surface area contributed by atoms with E-state index in [2.05, 4.69) is 0 Å². The lowest BCUT2D eigenvalue weighted by Gasteiger charge is -2.48. The van der Waals surface area contributed by atoms with Crippen LogP contribution in [0.25, 0.3) is 0 Å². The van der Waals surface area contributed by atoms with Gasteiger partial charge in [-0.25, -0.2) is 0 Å². The Morgan fingerprint density at radius 1 is 0.935 bits per heavy atom. The second kappa shape index (κ2) is 7.54. The summed E-state index contributed by atoms with van der Waals surface area (Å²) in [5.74, 6) is 0.780. The minimum absolute atomic E-state index is 0.0318. The maximum absolute atomic E-state index is 13.4. The van der Waals surface area contributed by atoms with Crippen LogP contribution in [-0.2, 0) is 11.2 Å². The van der Waals surface area contributed by atoms with E-state index in [1.54, 1.807) is 23.1 Å². The average Bonchev–Trinajstić information content (AvgIpc) is 2.79. The van der Waals surface area contributed by atoms with Crippen molar-refractivity contribution in [2.24, 2.45) is 0 Å². The van der Waals surface area contributed by atoms with E-state index >= 15 is 0 Å². The number of hydrogen-bond acceptors (Lipinski definition) is 5. The number of amides is 1. The van der Waals surface area contributed by atoms with Crippen LogP contribution in [0.3, 0.4) is 0 Å². The van der Waals surface area contributed by atoms with Gasteiger partial charge >= 0.3 is 0 Å². The quantitative estimate of drug-likeness (QED) is 0.619. The van der Waals surface area contributed by atoms with E-state index in [1.807, 2.05) is 43.3 Å². The first-order valence-corrected chi connectivity index (χ1v) is 10.4. The van der Waals surface area contributed by atoms with Gasteiger partial charge in [-0.2, -0.15) is 0 Å². The first-order chi connectivity index (χ1) is 15.1. The number of β-lactam (4-membered cyclic amide) rings is 1. The van der Waals surface area contributed by atoms with Gasteiger partial charge < -0.3 is 24.6 Å². The van der Waals surface area contributed by atoms with Crippen molar-refractivity contribution in [3.8, 4) is 23.0 Å². The van der Waals surface area contributed by atoms with Crippen LogP contribution in [0, 0.1) is 0 Å². The zero-order chi connectivity index (χ0) is 21.5. The Labute approximate surface area is 180 Å². The van der Waals surface area contributed by atoms with Crippen LogP contribution in [0.2, 0.25) is 0 Å². The molecule has 0 spiro atoms. The monoisotopic (exact) mass is 417 g/mol. The SMILES string of the molecule is CCc1cc([C@@H]2[C@@H](c3ccccc3)C(=O)N2c2ccc3c(c2)OCCO3)c(O)cc1O. The summed E-state index contributed by atoms with van der Waals surface area (Å²) in [6.07, 6.45) is 0.611. The molecular weight excluding hydrogens is 394 g/mol. The summed E-state index contributed by atoms with van der Waals surface area (Å²) in [7, 11) is 0. The van der Waals surface area contributed by atoms with Gasteiger partial charge in [0.15, 0.2) is 11.5 Å². The van der Waals surface area contributed by atoms with Gasteiger partial charge in [0, 0.05) is 23.4 Å². The molecule has 0 aliphatic carbocycles. The molecule has 3 aromatic rings. The second-order valence-corrected chi connectivity index (χ2v) is 7.76. The molecule has 1 saturated heterocycles. The molecule has 0 aromatic heterocycles. The molecule has 2 N–H and O–H groups in total. The summed E-state index contributed by atoms with van der Waals surface area (Å²) in [6.45, 7) is 2.89. The van der Waals surface area contributed by atoms with Gasteiger partial charge in [-0.1, -0.05) is 37.3 Å². The molecule has 0 unspecified atom stereocenters. The lowest BCUT2D eigenvalue weighted by molar-refractivity contribution is -0.126. The normalized spacial score (nSPS) is 19.8. The van der Waals surface area contributed by atoms with Gasteiger partial charge in [0.25, 0.3) is 0 Å². The second-order valence-electron chi connectivity index (χ2n) is 7.76. The first kappa shape index (κ1) is 19.3. The Balaban J connectivity index is 1.62. The Bertz CT molecular complexity index is 1140. The van der Waals surface area contributed by atoms with Crippen LogP contribution in [0.15, 0.2) is 60.7 Å². The van der Waals surface area contributed by atoms with Crippen molar-refractivity contribution < 1.29 is 24.5 Å². The molecule has 2 aliphatic rings. The smallest absolute Gasteiger partial charge is 0.237 e. The number of anilines is 1. The van der Waals surface area contributed by atoms with Crippen molar-refractivity contribution in [2.75, 3.05) is 18.1 Å². The van der Waals surface area contributed by atoms with Crippen LogP contribution >= 0.6 is 0 Å². The molecule has 2 aliphatic heterocycles. The van der Waals surface area contributed by atoms with Gasteiger partial charge in [-0.05, 0) is 35.7 Å². The van der Waals surface area contributed by atoms with Crippen LogP contribution < -0.4 is 14.4 Å². The van der Waals surface area contributed by atoms with Crippen LogP contribution in [0.4, 0.5) is 5.69 Å². The molecule has 2 atom stereocenters. The Morgan fingerprint density at radius 2 is 1.68 bits per heavy atom. The number of nitrogens with zero attached hydrogens (tertiary/aromatic N) is 1. The average molecular weight is 417 g/mol. The standard InChI is InChI=1S/C25H23NO5/c1-2-15-12-18(20(28)14-19(15)27)24-23(16-6-4-3-5-7-16)25(29)26(24)17-8-9-21-22(13-17)31-11-10-30-21/h3-9,12-14,23-24,27-28H,2,10-11H2,1H3/t23-,24-/m1/s1. The van der Waals surface area contributed by atoms with Crippen molar-refractivity contribution in [1.29, 1.82) is 0 Å². The van der Waals surface area contributed by atoms with Gasteiger partial charge in [0.1, 0.15) is 24.7 Å². The topological polar surface area (TPSA) is 79.2 Å². The number of fused-ring (bicyclic) bond motifs is 1. The van der Waals surface area contributed by atoms with Crippen LogP contribution in [-0.4, -0.2) is 29.3 Å². The van der Waals surface area contributed by atoms with Gasteiger partial charge in [0.05, 0.1) is 12.0 Å². The number of carbonyl (C=O) groups excluding carboxylic acids is 1. The highest BCUT2D eigenvalue weighted by Crippen LogP contribution is 2.52. The zero-order valence-electron chi connectivity index (χ0n) is 17.1. The van der Waals surface area contributed by atoms with E-state index in [0.29, 0.717) is 42.4 Å². The highest BCUT2D eigenvalue weighted by molar-refractivity contribution is 6.07. The number of phenolic OH excluding ortho intramolecular Hbond substituents is 2. The van der Waals surface area contributed by atoms with Crippen molar-refractivity contribution in [1.82, 2.24) is 0 Å². The summed E-state index contributed by atoms with van der Waals surface area (Å²) < 4.78 is 11.3. The fourth-order valence-corrected chi connectivity index (χ4v) is 4.42. The van der Waals surface area contributed by atoms with Gasteiger partial charge in [0.2, 0.25) is 5.91 Å². The third kappa shape index (κ3) is 3.15. The zero-order valence-corrected chi connectivity index (χ0v) is 17.1. The number of aromatic hydroxyl groups is 2. The largest absolute Gasteiger partial charge is 0.508 e. The van der Waals surface area contributed by atoms with E-state index < -0.39 is 12.0 Å². The fraction of sp³-hybridized carbons (Fsp3) is 0.240. The molecule has 1 fully saturated rings. The molecule has 1 amide bonds. The molecule has 3 aromatic carbocycles. The molecule has 0 radical (unpaired) electrons. The Hall–Kier alpha value is -3.67. The molecule has 6 heteroatoms. The third-order valence-electron chi connectivity index (χ3n) is 5.99. The highest BCUT2D eigenvalue weighted by atomic mass is 16.6. The molecule has 31 heavy (non-hydrogen) atoms. The minimum Gasteiger partial charge on any atom is -0.508 e. The summed E-state index contributed by atoms with van der Waals surface area (Å²) in [5.41, 5.74) is 2.90. The maximum Gasteiger partial charge on any atom is 0.237 e. The lowest BCUT2D eigenvalue weighted by atomic mass is 9.76. The highest BCUT2D eigenvalue weighted by Gasteiger charge is 2.50. The number of carbonyl (C=O) groups is 1. The number of benzene rings is 3. The predicted molar refractivity (Wildman–Crippen MR) is 116 cm³/mol. The number of ether oxygens (including phenoxy) is 2. The summed E-state index contributed by atoms with van der Waals surface area (Å²) in [5, 5.41) is 20.9. The molecule has 6 nitrogen and oxygen atoms in total. The third-order valence-corrected chi connectivity index (χ3v) is 5.99. The minimum atomic E-state index is -0.436. The van der Waals surface area contributed by atoms with Crippen molar-refractivity contribution >= 4 is 11.6 Å². The molecule has 0 bridgehead atoms. The van der Waals surface area contributed by atoms with E-state index in [0.717, 1.165) is 11.1 Å². The molecular formula is C25H23NO5. The number of hydrogen-bond donors (Lipinski definition) is 2. The van der Waals surface area contributed by atoms with Crippen molar-refractivity contribution in [3.05, 3.63) is 77.4 Å². The fourth-order valence-electron chi connectivity index (χ4n) is 4.42. The van der Waals surface area contributed by atoms with Crippen molar-refractivity contribution in [3.63, 3.8) is 0 Å². The first-order valence-electron chi connectivity index (χ1n) is 10.4. The van der Waals surface area contributed by atoms with E-state index in [1.165, 1.54) is 6.07 Å². The molecule has 158 valence electrons. The maximum atomic E-state index is 13.4. The Kier molecular flexibility index (Phi) is 4.70. The molecule has 0 saturated carbocycles. The van der Waals surface area contributed by atoms with Gasteiger partial charge in [-0.15, -0.1) is 0 Å². The summed E-state index contributed by atoms with van der Waals surface area (Å²) >= 11 is 0. The van der Waals surface area contributed by atoms with E-state index in [-0.39, 0.29) is 17.4 Å². The summed E-state index contributed by atoms with van der Waals surface area (Å²) in [4.78, 5) is 15.1. The lowest BCUT2D eigenvalue weighted by Crippen LogP contribution is -2.53. The van der Waals surface area contributed by atoms with Crippen LogP contribution in [0.5, 0.6) is 23.0 Å². The molecule has 2 heterocycles. The number of phenols is 2. The Morgan fingerprint density at radius 3 is 2.42 bits per heavy atom. The van der Waals surface area contributed by atoms with Gasteiger partial charge in [-0.3, -0.25) is 4.79 Å². The number of rotatable bonds is 4. The predicted octanol–water partition coefficient (Wildman–Crippen LogP) is 4.30. The summed E-state index contributed by atoms with van der Waals surface area (Å²) in [6, 6.07) is 17.8. The van der Waals surface area contributed by atoms with Crippen molar-refractivity contribution in [2.45, 2.75) is 25.3 Å². The van der Waals surface area contributed by atoms with E-state index in [9.17, 15) is 15.0 Å².